The fourth-order valence-electron chi connectivity index (χ4n) is 1.75. The standard InChI is InChI=1S/C16H26N2O2.ClH/c1-4-13(3)18-16(19)10-11-17-12-14-6-8-15(9-7-14)20-5-2;/h6-9,13,17H,4-5,10-12H2,1-3H3,(H,18,19);1H. The van der Waals surface area contributed by atoms with Crippen molar-refractivity contribution in [3.8, 4) is 5.75 Å². The van der Waals surface area contributed by atoms with Gasteiger partial charge in [-0.2, -0.15) is 0 Å². The quantitative estimate of drug-likeness (QED) is 0.689. The van der Waals surface area contributed by atoms with Crippen LogP contribution >= 0.6 is 12.4 Å². The van der Waals surface area contributed by atoms with Crippen molar-refractivity contribution in [1.82, 2.24) is 10.6 Å². The molecule has 0 aliphatic carbocycles. The molecule has 1 amide bonds. The summed E-state index contributed by atoms with van der Waals surface area (Å²) in [5, 5.41) is 6.23. The van der Waals surface area contributed by atoms with Crippen molar-refractivity contribution < 1.29 is 9.53 Å². The van der Waals surface area contributed by atoms with Crippen LogP contribution in [0.5, 0.6) is 5.75 Å². The van der Waals surface area contributed by atoms with Crippen molar-refractivity contribution in [1.29, 1.82) is 0 Å². The molecule has 0 radical (unpaired) electrons. The highest BCUT2D eigenvalue weighted by atomic mass is 35.5. The zero-order valence-electron chi connectivity index (χ0n) is 13.1. The smallest absolute Gasteiger partial charge is 0.221 e. The Kier molecular flexibility index (Phi) is 10.7. The first-order valence-electron chi connectivity index (χ1n) is 7.37. The van der Waals surface area contributed by atoms with Crippen LogP contribution in [0.3, 0.4) is 0 Å². The third kappa shape index (κ3) is 8.58. The highest BCUT2D eigenvalue weighted by Crippen LogP contribution is 2.11. The first kappa shape index (κ1) is 19.7. The summed E-state index contributed by atoms with van der Waals surface area (Å²) in [7, 11) is 0. The number of hydrogen-bond acceptors (Lipinski definition) is 3. The zero-order valence-corrected chi connectivity index (χ0v) is 14.0. The highest BCUT2D eigenvalue weighted by Gasteiger charge is 2.04. The van der Waals surface area contributed by atoms with Crippen molar-refractivity contribution in [2.45, 2.75) is 46.2 Å². The summed E-state index contributed by atoms with van der Waals surface area (Å²) in [5.41, 5.74) is 1.19. The number of amides is 1. The Labute approximate surface area is 134 Å². The number of carbonyl (C=O) groups is 1. The lowest BCUT2D eigenvalue weighted by molar-refractivity contribution is -0.121. The average Bonchev–Trinajstić information content (AvgIpc) is 2.45. The van der Waals surface area contributed by atoms with E-state index in [0.717, 1.165) is 18.7 Å². The van der Waals surface area contributed by atoms with E-state index >= 15 is 0 Å². The van der Waals surface area contributed by atoms with Crippen LogP contribution in [0.2, 0.25) is 0 Å². The van der Waals surface area contributed by atoms with Gasteiger partial charge in [-0.15, -0.1) is 12.4 Å². The molecule has 0 bridgehead atoms. The number of rotatable bonds is 9. The molecule has 5 heteroatoms. The van der Waals surface area contributed by atoms with Crippen LogP contribution in [-0.4, -0.2) is 25.1 Å². The van der Waals surface area contributed by atoms with E-state index < -0.39 is 0 Å². The number of halogens is 1. The van der Waals surface area contributed by atoms with E-state index in [4.69, 9.17) is 4.74 Å². The fraction of sp³-hybridized carbons (Fsp3) is 0.562. The maximum absolute atomic E-state index is 11.6. The van der Waals surface area contributed by atoms with Gasteiger partial charge in [-0.05, 0) is 38.0 Å². The van der Waals surface area contributed by atoms with Crippen molar-refractivity contribution in [2.24, 2.45) is 0 Å². The third-order valence-electron chi connectivity index (χ3n) is 3.11. The Hall–Kier alpha value is -1.26. The predicted octanol–water partition coefficient (Wildman–Crippen LogP) is 2.90. The van der Waals surface area contributed by atoms with Crippen LogP contribution in [0.1, 0.15) is 39.2 Å². The Morgan fingerprint density at radius 1 is 1.24 bits per heavy atom. The fourth-order valence-corrected chi connectivity index (χ4v) is 1.75. The molecule has 1 unspecified atom stereocenters. The zero-order chi connectivity index (χ0) is 14.8. The maximum atomic E-state index is 11.6. The third-order valence-corrected chi connectivity index (χ3v) is 3.11. The number of benzene rings is 1. The minimum absolute atomic E-state index is 0. The number of hydrogen-bond donors (Lipinski definition) is 2. The second-order valence-corrected chi connectivity index (χ2v) is 4.88. The van der Waals surface area contributed by atoms with Gasteiger partial charge in [0.1, 0.15) is 5.75 Å². The van der Waals surface area contributed by atoms with Crippen LogP contribution in [-0.2, 0) is 11.3 Å². The predicted molar refractivity (Wildman–Crippen MR) is 89.1 cm³/mol. The lowest BCUT2D eigenvalue weighted by Crippen LogP contribution is -2.33. The second-order valence-electron chi connectivity index (χ2n) is 4.88. The lowest BCUT2D eigenvalue weighted by Gasteiger charge is -2.11. The van der Waals surface area contributed by atoms with Gasteiger partial charge >= 0.3 is 0 Å². The largest absolute Gasteiger partial charge is 0.494 e. The molecule has 1 aromatic carbocycles. The summed E-state index contributed by atoms with van der Waals surface area (Å²) >= 11 is 0. The molecular weight excluding hydrogens is 288 g/mol. The molecule has 120 valence electrons. The number of ether oxygens (including phenoxy) is 1. The van der Waals surface area contributed by atoms with Crippen molar-refractivity contribution in [3.63, 3.8) is 0 Å². The second kappa shape index (κ2) is 11.4. The van der Waals surface area contributed by atoms with Crippen LogP contribution in [0, 0.1) is 0 Å². The average molecular weight is 315 g/mol. The Morgan fingerprint density at radius 3 is 2.48 bits per heavy atom. The van der Waals surface area contributed by atoms with Gasteiger partial charge in [0.25, 0.3) is 0 Å². The van der Waals surface area contributed by atoms with Gasteiger partial charge in [0.2, 0.25) is 5.91 Å². The van der Waals surface area contributed by atoms with Gasteiger partial charge in [-0.1, -0.05) is 19.1 Å². The summed E-state index contributed by atoms with van der Waals surface area (Å²) in [6.45, 7) is 8.20. The number of nitrogens with one attached hydrogen (secondary N) is 2. The van der Waals surface area contributed by atoms with Crippen molar-refractivity contribution in [2.75, 3.05) is 13.2 Å². The molecule has 1 rings (SSSR count). The summed E-state index contributed by atoms with van der Waals surface area (Å²) < 4.78 is 5.39. The molecule has 0 saturated heterocycles. The van der Waals surface area contributed by atoms with Gasteiger partial charge in [0.15, 0.2) is 0 Å². The molecule has 2 N–H and O–H groups in total. The summed E-state index contributed by atoms with van der Waals surface area (Å²) in [4.78, 5) is 11.6. The normalized spacial score (nSPS) is 11.4. The minimum Gasteiger partial charge on any atom is -0.494 e. The molecule has 1 atom stereocenters. The molecule has 0 heterocycles. The topological polar surface area (TPSA) is 50.4 Å². The Bertz CT molecular complexity index is 396. The van der Waals surface area contributed by atoms with Crippen LogP contribution in [0.15, 0.2) is 24.3 Å². The van der Waals surface area contributed by atoms with E-state index in [-0.39, 0.29) is 24.4 Å². The lowest BCUT2D eigenvalue weighted by atomic mass is 10.2. The molecular formula is C16H27ClN2O2. The first-order chi connectivity index (χ1) is 9.65. The van der Waals surface area contributed by atoms with Gasteiger partial charge in [0.05, 0.1) is 6.61 Å². The maximum Gasteiger partial charge on any atom is 0.221 e. The molecule has 0 fully saturated rings. The summed E-state index contributed by atoms with van der Waals surface area (Å²) in [5.74, 6) is 1.00. The van der Waals surface area contributed by atoms with Crippen molar-refractivity contribution in [3.05, 3.63) is 29.8 Å². The molecule has 0 aromatic heterocycles. The Morgan fingerprint density at radius 2 is 1.90 bits per heavy atom. The van der Waals surface area contributed by atoms with Crippen LogP contribution in [0.4, 0.5) is 0 Å². The SMILES string of the molecule is CCOc1ccc(CNCCC(=O)NC(C)CC)cc1.Cl. The molecule has 0 spiro atoms. The first-order valence-corrected chi connectivity index (χ1v) is 7.37. The minimum atomic E-state index is 0. The molecule has 0 aliphatic rings. The van der Waals surface area contributed by atoms with Crippen LogP contribution < -0.4 is 15.4 Å². The number of carbonyl (C=O) groups excluding carboxylic acids is 1. The highest BCUT2D eigenvalue weighted by molar-refractivity contribution is 5.85. The molecule has 21 heavy (non-hydrogen) atoms. The van der Waals surface area contributed by atoms with Crippen LogP contribution in [0.25, 0.3) is 0 Å². The molecule has 0 aliphatic heterocycles. The molecule has 4 nitrogen and oxygen atoms in total. The van der Waals surface area contributed by atoms with E-state index in [1.54, 1.807) is 0 Å². The van der Waals surface area contributed by atoms with E-state index in [9.17, 15) is 4.79 Å². The molecule has 1 aromatic rings. The van der Waals surface area contributed by atoms with Gasteiger partial charge in [0, 0.05) is 25.6 Å². The van der Waals surface area contributed by atoms with E-state index in [1.807, 2.05) is 38.1 Å². The summed E-state index contributed by atoms with van der Waals surface area (Å²) in [6.07, 6.45) is 1.48. The van der Waals surface area contributed by atoms with Crippen molar-refractivity contribution >= 4 is 18.3 Å². The van der Waals surface area contributed by atoms with Gasteiger partial charge in [-0.3, -0.25) is 4.79 Å². The van der Waals surface area contributed by atoms with E-state index in [1.165, 1.54) is 5.56 Å². The molecule has 0 saturated carbocycles. The van der Waals surface area contributed by atoms with Gasteiger partial charge < -0.3 is 15.4 Å². The van der Waals surface area contributed by atoms with Gasteiger partial charge in [-0.25, -0.2) is 0 Å². The van der Waals surface area contributed by atoms with E-state index in [0.29, 0.717) is 19.6 Å². The monoisotopic (exact) mass is 314 g/mol. The Balaban J connectivity index is 0.00000400. The van der Waals surface area contributed by atoms with E-state index in [2.05, 4.69) is 17.6 Å². The summed E-state index contributed by atoms with van der Waals surface area (Å²) in [6, 6.07) is 8.27.